The van der Waals surface area contributed by atoms with Crippen molar-refractivity contribution in [2.45, 2.75) is 12.6 Å². The minimum atomic E-state index is -1.19. The summed E-state index contributed by atoms with van der Waals surface area (Å²) in [4.78, 5) is 0. The molecule has 0 aliphatic heterocycles. The maximum atomic E-state index is 11.8. The van der Waals surface area contributed by atoms with Crippen LogP contribution in [0, 0.1) is 6.92 Å². The number of ether oxygens (including phenoxy) is 1. The van der Waals surface area contributed by atoms with Gasteiger partial charge in [0.15, 0.2) is 0 Å². The summed E-state index contributed by atoms with van der Waals surface area (Å²) in [5, 5.41) is 0. The van der Waals surface area contributed by atoms with Crippen LogP contribution in [0.4, 0.5) is 8.78 Å². The Labute approximate surface area is 54.0 Å². The Balaban J connectivity index is 2.75. The van der Waals surface area contributed by atoms with E-state index in [1.165, 1.54) is 0 Å². The molecule has 0 heterocycles. The van der Waals surface area contributed by atoms with Crippen LogP contribution in [0.1, 0.15) is 6.42 Å². The Bertz CT molecular complexity index is 57.0. The van der Waals surface area contributed by atoms with Crippen molar-refractivity contribution in [1.82, 2.24) is 0 Å². The first-order chi connectivity index (χ1) is 4.27. The molecule has 0 saturated heterocycles. The molecule has 55 valence electrons. The van der Waals surface area contributed by atoms with Gasteiger partial charge in [0.2, 0.25) is 0 Å². The van der Waals surface area contributed by atoms with E-state index in [-0.39, 0.29) is 13.2 Å². The normalized spacial score (nSPS) is 13.7. The summed E-state index contributed by atoms with van der Waals surface area (Å²) in [5.41, 5.74) is 0. The number of rotatable bonds is 5. The predicted octanol–water partition coefficient (Wildman–Crippen LogP) is 1.53. The third-order valence-corrected chi connectivity index (χ3v) is 0.721. The van der Waals surface area contributed by atoms with Crippen LogP contribution < -0.4 is 0 Å². The number of hydrogen-bond acceptors (Lipinski definition) is 1. The summed E-state index contributed by atoms with van der Waals surface area (Å²) in [7, 11) is 0. The van der Waals surface area contributed by atoms with Gasteiger partial charge in [-0.3, -0.25) is 4.39 Å². The second kappa shape index (κ2) is 5.95. The summed E-state index contributed by atoms with van der Waals surface area (Å²) >= 11 is 0. The Morgan fingerprint density at radius 1 is 1.56 bits per heavy atom. The summed E-state index contributed by atoms with van der Waals surface area (Å²) in [5.74, 6) is 0. The Kier molecular flexibility index (Phi) is 5.83. The monoisotopic (exact) mass is 137 g/mol. The average molecular weight is 137 g/mol. The van der Waals surface area contributed by atoms with Crippen LogP contribution in [-0.2, 0) is 4.74 Å². The largest absolute Gasteiger partial charge is 0.378 e. The van der Waals surface area contributed by atoms with E-state index in [0.717, 1.165) is 0 Å². The van der Waals surface area contributed by atoms with Crippen LogP contribution in [0.15, 0.2) is 0 Å². The minimum Gasteiger partial charge on any atom is -0.378 e. The second-order valence-electron chi connectivity index (χ2n) is 1.71. The summed E-state index contributed by atoms with van der Waals surface area (Å²) < 4.78 is 27.8. The second-order valence-corrected chi connectivity index (χ2v) is 1.71. The molecule has 0 aromatic heterocycles. The van der Waals surface area contributed by atoms with Crippen molar-refractivity contribution >= 4 is 0 Å². The Hall–Kier alpha value is -0.180. The van der Waals surface area contributed by atoms with E-state index in [9.17, 15) is 8.78 Å². The summed E-state index contributed by atoms with van der Waals surface area (Å²) in [6.07, 6.45) is -0.850. The molecule has 0 fully saturated rings. The highest BCUT2D eigenvalue weighted by Gasteiger charge is 1.95. The maximum Gasteiger partial charge on any atom is 0.123 e. The van der Waals surface area contributed by atoms with Crippen molar-refractivity contribution in [1.29, 1.82) is 0 Å². The van der Waals surface area contributed by atoms with Gasteiger partial charge in [-0.1, -0.05) is 0 Å². The topological polar surface area (TPSA) is 9.23 Å². The first kappa shape index (κ1) is 8.82. The van der Waals surface area contributed by atoms with E-state index in [2.05, 4.69) is 11.7 Å². The summed E-state index contributed by atoms with van der Waals surface area (Å²) in [6, 6.07) is 0. The number of halogens is 2. The number of hydrogen-bond donors (Lipinski definition) is 0. The van der Waals surface area contributed by atoms with Crippen molar-refractivity contribution in [3.05, 3.63) is 6.92 Å². The zero-order valence-corrected chi connectivity index (χ0v) is 5.28. The van der Waals surface area contributed by atoms with Crippen LogP contribution in [0.5, 0.6) is 0 Å². The minimum absolute atomic E-state index is 0.0278. The van der Waals surface area contributed by atoms with E-state index in [0.29, 0.717) is 6.42 Å². The van der Waals surface area contributed by atoms with E-state index < -0.39 is 12.8 Å². The van der Waals surface area contributed by atoms with Crippen molar-refractivity contribution in [2.75, 3.05) is 19.9 Å². The maximum absolute atomic E-state index is 11.8. The van der Waals surface area contributed by atoms with Gasteiger partial charge >= 0.3 is 0 Å². The van der Waals surface area contributed by atoms with Crippen LogP contribution in [0.3, 0.4) is 0 Å². The highest BCUT2D eigenvalue weighted by Crippen LogP contribution is 1.90. The van der Waals surface area contributed by atoms with Crippen LogP contribution in [0.25, 0.3) is 0 Å². The van der Waals surface area contributed by atoms with Crippen molar-refractivity contribution in [3.63, 3.8) is 0 Å². The molecule has 0 amide bonds. The Morgan fingerprint density at radius 3 is 2.67 bits per heavy atom. The Morgan fingerprint density at radius 2 is 2.22 bits per heavy atom. The molecule has 1 nitrogen and oxygen atoms in total. The molecule has 0 aromatic carbocycles. The first-order valence-corrected chi connectivity index (χ1v) is 2.88. The first-order valence-electron chi connectivity index (χ1n) is 2.88. The molecule has 3 heteroatoms. The lowest BCUT2D eigenvalue weighted by molar-refractivity contribution is 0.0908. The molecule has 1 unspecified atom stereocenters. The fourth-order valence-corrected chi connectivity index (χ4v) is 0.368. The van der Waals surface area contributed by atoms with Crippen molar-refractivity contribution in [2.24, 2.45) is 0 Å². The quantitative estimate of drug-likeness (QED) is 0.522. The van der Waals surface area contributed by atoms with Gasteiger partial charge in [0, 0.05) is 6.61 Å². The molecule has 9 heavy (non-hydrogen) atoms. The van der Waals surface area contributed by atoms with Gasteiger partial charge in [0.1, 0.15) is 6.17 Å². The molecular formula is C6H11F2O. The fraction of sp³-hybridized carbons (Fsp3) is 0.833. The molecule has 0 rings (SSSR count). The zero-order chi connectivity index (χ0) is 7.11. The lowest BCUT2D eigenvalue weighted by Gasteiger charge is -2.01. The van der Waals surface area contributed by atoms with Crippen LogP contribution in [0.2, 0.25) is 0 Å². The molecule has 1 radical (unpaired) electrons. The molecule has 0 saturated carbocycles. The molecule has 0 N–H and O–H groups in total. The number of alkyl halides is 2. The van der Waals surface area contributed by atoms with Gasteiger partial charge in [-0.15, -0.1) is 0 Å². The molecule has 0 aromatic rings. The van der Waals surface area contributed by atoms with E-state index >= 15 is 0 Å². The average Bonchev–Trinajstić information content (AvgIpc) is 1.80. The van der Waals surface area contributed by atoms with Gasteiger partial charge in [-0.25, -0.2) is 4.39 Å². The molecule has 0 aliphatic rings. The van der Waals surface area contributed by atoms with Crippen LogP contribution >= 0.6 is 0 Å². The third-order valence-electron chi connectivity index (χ3n) is 0.721. The lowest BCUT2D eigenvalue weighted by Crippen LogP contribution is -2.06. The molecule has 0 aliphatic carbocycles. The van der Waals surface area contributed by atoms with Crippen molar-refractivity contribution < 1.29 is 13.5 Å². The molecule has 1 atom stereocenters. The SMILES string of the molecule is [CH2]C(F)COCCCF. The lowest BCUT2D eigenvalue weighted by atomic mass is 10.4. The van der Waals surface area contributed by atoms with Gasteiger partial charge < -0.3 is 4.74 Å². The molecule has 0 bridgehead atoms. The van der Waals surface area contributed by atoms with Gasteiger partial charge in [-0.2, -0.15) is 0 Å². The van der Waals surface area contributed by atoms with Gasteiger partial charge in [-0.05, 0) is 13.3 Å². The summed E-state index contributed by atoms with van der Waals surface area (Å²) in [6.45, 7) is 2.90. The standard InChI is InChI=1S/C6H11F2O/c1-6(8)5-9-4-2-3-7/h6H,1-5H2. The third kappa shape index (κ3) is 7.82. The molecule has 0 spiro atoms. The smallest absolute Gasteiger partial charge is 0.123 e. The molecular weight excluding hydrogens is 126 g/mol. The van der Waals surface area contributed by atoms with E-state index in [1.54, 1.807) is 0 Å². The van der Waals surface area contributed by atoms with Crippen LogP contribution in [-0.4, -0.2) is 26.1 Å². The van der Waals surface area contributed by atoms with E-state index in [1.807, 2.05) is 0 Å². The predicted molar refractivity (Wildman–Crippen MR) is 31.7 cm³/mol. The van der Waals surface area contributed by atoms with Crippen molar-refractivity contribution in [3.8, 4) is 0 Å². The van der Waals surface area contributed by atoms with Gasteiger partial charge in [0.05, 0.1) is 13.3 Å². The highest BCUT2D eigenvalue weighted by molar-refractivity contribution is 4.53. The van der Waals surface area contributed by atoms with E-state index in [4.69, 9.17) is 0 Å². The van der Waals surface area contributed by atoms with Gasteiger partial charge in [0.25, 0.3) is 0 Å². The zero-order valence-electron chi connectivity index (χ0n) is 5.28. The fourth-order valence-electron chi connectivity index (χ4n) is 0.368. The highest BCUT2D eigenvalue weighted by atomic mass is 19.1.